The second kappa shape index (κ2) is 7.53. The maximum absolute atomic E-state index is 12.2. The Kier molecular flexibility index (Phi) is 5.72. The zero-order valence-electron chi connectivity index (χ0n) is 11.8. The molecule has 0 spiro atoms. The number of methoxy groups -OCH3 is 1. The summed E-state index contributed by atoms with van der Waals surface area (Å²) in [5, 5.41) is 16.0. The third kappa shape index (κ3) is 4.52. The summed E-state index contributed by atoms with van der Waals surface area (Å²) in [5.74, 6) is 0.483. The average Bonchev–Trinajstić information content (AvgIpc) is 2.85. The summed E-state index contributed by atoms with van der Waals surface area (Å²) in [6, 6.07) is 4.83. The van der Waals surface area contributed by atoms with Crippen LogP contribution in [0.1, 0.15) is 5.56 Å². The van der Waals surface area contributed by atoms with E-state index in [4.69, 9.17) is 4.74 Å². The molecule has 1 aliphatic heterocycles. The predicted octanol–water partition coefficient (Wildman–Crippen LogP) is 0.966. The lowest BCUT2D eigenvalue weighted by Crippen LogP contribution is -2.30. The van der Waals surface area contributed by atoms with Crippen LogP contribution in [0.5, 0.6) is 11.5 Å². The predicted molar refractivity (Wildman–Crippen MR) is 73.7 cm³/mol. The minimum absolute atomic E-state index is 0.0201. The molecule has 21 heavy (non-hydrogen) atoms. The van der Waals surface area contributed by atoms with E-state index in [1.54, 1.807) is 12.1 Å². The minimum Gasteiger partial charge on any atom is -0.493 e. The van der Waals surface area contributed by atoms with Crippen LogP contribution in [0, 0.1) is 5.92 Å². The van der Waals surface area contributed by atoms with Crippen LogP contribution in [0.3, 0.4) is 0 Å². The van der Waals surface area contributed by atoms with Crippen molar-refractivity contribution in [1.29, 1.82) is 0 Å². The molecule has 3 N–H and O–H groups in total. The summed E-state index contributed by atoms with van der Waals surface area (Å²) < 4.78 is 33.9. The van der Waals surface area contributed by atoms with Gasteiger partial charge in [-0.25, -0.2) is 0 Å². The van der Waals surface area contributed by atoms with Crippen molar-refractivity contribution in [1.82, 2.24) is 10.6 Å². The summed E-state index contributed by atoms with van der Waals surface area (Å²) in [4.78, 5) is 0. The standard InChI is InChI=1S/C14H20F2N2O3/c1-20-13-4-9(2-3-12(13)21-14(15)16)5-17-6-10-7-18-8-11(10)19/h2-4,10-11,14,17-19H,5-8H2,1H3. The average molecular weight is 302 g/mol. The van der Waals surface area contributed by atoms with Crippen molar-refractivity contribution in [3.05, 3.63) is 23.8 Å². The molecule has 2 unspecified atom stereocenters. The number of nitrogens with one attached hydrogen (secondary N) is 2. The van der Waals surface area contributed by atoms with Gasteiger partial charge in [-0.15, -0.1) is 0 Å². The Labute approximate surface area is 122 Å². The first kappa shape index (κ1) is 15.9. The maximum Gasteiger partial charge on any atom is 0.387 e. The van der Waals surface area contributed by atoms with Gasteiger partial charge in [0.2, 0.25) is 0 Å². The summed E-state index contributed by atoms with van der Waals surface area (Å²) in [5.41, 5.74) is 0.897. The van der Waals surface area contributed by atoms with Gasteiger partial charge in [0.1, 0.15) is 0 Å². The van der Waals surface area contributed by atoms with Crippen LogP contribution in [0.2, 0.25) is 0 Å². The highest BCUT2D eigenvalue weighted by molar-refractivity contribution is 5.42. The fourth-order valence-corrected chi connectivity index (χ4v) is 2.34. The number of rotatable bonds is 7. The molecule has 0 aliphatic carbocycles. The molecule has 2 atom stereocenters. The Balaban J connectivity index is 1.88. The zero-order valence-corrected chi connectivity index (χ0v) is 11.8. The van der Waals surface area contributed by atoms with Gasteiger partial charge in [-0.05, 0) is 17.7 Å². The molecule has 1 aromatic rings. The highest BCUT2D eigenvalue weighted by Crippen LogP contribution is 2.29. The number of ether oxygens (including phenoxy) is 2. The molecule has 0 aromatic heterocycles. The quantitative estimate of drug-likeness (QED) is 0.700. The van der Waals surface area contributed by atoms with Gasteiger partial charge in [0, 0.05) is 32.1 Å². The van der Waals surface area contributed by atoms with Gasteiger partial charge in [-0.1, -0.05) is 6.07 Å². The third-order valence-electron chi connectivity index (χ3n) is 3.48. The highest BCUT2D eigenvalue weighted by Gasteiger charge is 2.24. The molecule has 0 saturated carbocycles. The Hall–Kier alpha value is -1.44. The van der Waals surface area contributed by atoms with Crippen LogP contribution in [0.4, 0.5) is 8.78 Å². The van der Waals surface area contributed by atoms with E-state index in [1.807, 2.05) is 0 Å². The molecule has 1 aliphatic rings. The lowest BCUT2D eigenvalue weighted by molar-refractivity contribution is -0.0512. The van der Waals surface area contributed by atoms with E-state index in [-0.39, 0.29) is 23.5 Å². The van der Waals surface area contributed by atoms with Crippen molar-refractivity contribution < 1.29 is 23.4 Å². The van der Waals surface area contributed by atoms with Crippen LogP contribution in [0.25, 0.3) is 0 Å². The Morgan fingerprint density at radius 3 is 2.81 bits per heavy atom. The number of hydrogen-bond donors (Lipinski definition) is 3. The van der Waals surface area contributed by atoms with Crippen molar-refractivity contribution >= 4 is 0 Å². The first-order valence-electron chi connectivity index (χ1n) is 6.81. The second-order valence-electron chi connectivity index (χ2n) is 4.98. The maximum atomic E-state index is 12.2. The van der Waals surface area contributed by atoms with Gasteiger partial charge in [-0.2, -0.15) is 8.78 Å². The molecule has 1 heterocycles. The molecular weight excluding hydrogens is 282 g/mol. The minimum atomic E-state index is -2.88. The summed E-state index contributed by atoms with van der Waals surface area (Å²) in [6.45, 7) is -0.210. The molecule has 0 radical (unpaired) electrons. The van der Waals surface area contributed by atoms with Crippen LogP contribution in [0.15, 0.2) is 18.2 Å². The van der Waals surface area contributed by atoms with E-state index in [1.165, 1.54) is 13.2 Å². The highest BCUT2D eigenvalue weighted by atomic mass is 19.3. The van der Waals surface area contributed by atoms with Gasteiger partial charge in [0.05, 0.1) is 13.2 Å². The van der Waals surface area contributed by atoms with Crippen LogP contribution in [-0.4, -0.2) is 44.6 Å². The monoisotopic (exact) mass is 302 g/mol. The fourth-order valence-electron chi connectivity index (χ4n) is 2.34. The summed E-state index contributed by atoms with van der Waals surface area (Å²) >= 11 is 0. The second-order valence-corrected chi connectivity index (χ2v) is 4.98. The van der Waals surface area contributed by atoms with Crippen molar-refractivity contribution in [3.63, 3.8) is 0 Å². The molecule has 2 rings (SSSR count). The number of aliphatic hydroxyl groups is 1. The molecule has 118 valence electrons. The van der Waals surface area contributed by atoms with E-state index in [2.05, 4.69) is 15.4 Å². The molecular formula is C14H20F2N2O3. The van der Waals surface area contributed by atoms with Gasteiger partial charge in [-0.3, -0.25) is 0 Å². The summed E-state index contributed by atoms with van der Waals surface area (Å²) in [6.07, 6.45) is -0.325. The van der Waals surface area contributed by atoms with Gasteiger partial charge >= 0.3 is 6.61 Å². The molecule has 0 bridgehead atoms. The van der Waals surface area contributed by atoms with Crippen LogP contribution < -0.4 is 20.1 Å². The number of aliphatic hydroxyl groups excluding tert-OH is 1. The fraction of sp³-hybridized carbons (Fsp3) is 0.571. The van der Waals surface area contributed by atoms with Crippen molar-refractivity contribution in [2.75, 3.05) is 26.7 Å². The molecule has 1 aromatic carbocycles. The number of halogens is 2. The smallest absolute Gasteiger partial charge is 0.387 e. The normalized spacial score (nSPS) is 21.8. The van der Waals surface area contributed by atoms with Gasteiger partial charge in [0.25, 0.3) is 0 Å². The van der Waals surface area contributed by atoms with Crippen LogP contribution in [-0.2, 0) is 6.54 Å². The third-order valence-corrected chi connectivity index (χ3v) is 3.48. The SMILES string of the molecule is COc1cc(CNCC2CNCC2O)ccc1OC(F)F. The van der Waals surface area contributed by atoms with Crippen molar-refractivity contribution in [3.8, 4) is 11.5 Å². The summed E-state index contributed by atoms with van der Waals surface area (Å²) in [7, 11) is 1.41. The van der Waals surface area contributed by atoms with Gasteiger partial charge in [0.15, 0.2) is 11.5 Å². The molecule has 1 fully saturated rings. The number of alkyl halides is 2. The largest absolute Gasteiger partial charge is 0.493 e. The van der Waals surface area contributed by atoms with Crippen LogP contribution >= 0.6 is 0 Å². The first-order chi connectivity index (χ1) is 10.1. The van der Waals surface area contributed by atoms with Crippen molar-refractivity contribution in [2.45, 2.75) is 19.3 Å². The lowest BCUT2D eigenvalue weighted by atomic mass is 10.1. The Bertz CT molecular complexity index is 460. The molecule has 0 amide bonds. The van der Waals surface area contributed by atoms with E-state index >= 15 is 0 Å². The molecule has 7 heteroatoms. The number of benzene rings is 1. The number of hydrogen-bond acceptors (Lipinski definition) is 5. The molecule has 1 saturated heterocycles. The van der Waals surface area contributed by atoms with Gasteiger partial charge < -0.3 is 25.2 Å². The van der Waals surface area contributed by atoms with E-state index in [0.717, 1.165) is 12.1 Å². The first-order valence-corrected chi connectivity index (χ1v) is 6.81. The van der Waals surface area contributed by atoms with E-state index < -0.39 is 6.61 Å². The lowest BCUT2D eigenvalue weighted by Gasteiger charge is -2.15. The molecule has 5 nitrogen and oxygen atoms in total. The number of β-amino-alcohol motifs (C(OH)–C–C–N with tert-alkyl or cyclic N) is 1. The Morgan fingerprint density at radius 1 is 1.38 bits per heavy atom. The van der Waals surface area contributed by atoms with E-state index in [0.29, 0.717) is 19.6 Å². The van der Waals surface area contributed by atoms with E-state index in [9.17, 15) is 13.9 Å². The topological polar surface area (TPSA) is 62.8 Å². The van der Waals surface area contributed by atoms with Crippen molar-refractivity contribution in [2.24, 2.45) is 5.92 Å². The zero-order chi connectivity index (χ0) is 15.2. The Morgan fingerprint density at radius 2 is 2.19 bits per heavy atom.